The summed E-state index contributed by atoms with van der Waals surface area (Å²) >= 11 is 0.734. The van der Waals surface area contributed by atoms with Gasteiger partial charge in [-0.1, -0.05) is 12.1 Å². The summed E-state index contributed by atoms with van der Waals surface area (Å²) in [6, 6.07) is 5.58. The third kappa shape index (κ3) is 3.39. The van der Waals surface area contributed by atoms with Crippen LogP contribution in [0.5, 0.6) is 11.5 Å². The number of aromatic hydroxyl groups is 1. The molecular formula is C14H10F3IO4S. The molecule has 0 spiro atoms. The maximum Gasteiger partial charge on any atom is 0.323 e. The van der Waals surface area contributed by atoms with Gasteiger partial charge < -0.3 is 9.84 Å². The predicted octanol–water partition coefficient (Wildman–Crippen LogP) is 3.86. The molecule has 0 aromatic heterocycles. The molecule has 0 saturated carbocycles. The first-order valence-corrected chi connectivity index (χ1v) is 8.63. The zero-order valence-electron chi connectivity index (χ0n) is 11.6. The summed E-state index contributed by atoms with van der Waals surface area (Å²) in [4.78, 5) is -1.58. The Morgan fingerprint density at radius 2 is 1.87 bits per heavy atom. The van der Waals surface area contributed by atoms with Crippen LogP contribution in [-0.4, -0.2) is 20.6 Å². The van der Waals surface area contributed by atoms with Crippen LogP contribution < -0.4 is 4.74 Å². The molecule has 0 amide bonds. The van der Waals surface area contributed by atoms with Gasteiger partial charge in [0.05, 0.1) is 17.6 Å². The molecule has 0 atom stereocenters. The number of alkyl halides is 3. The number of hydrogen-bond acceptors (Lipinski definition) is 4. The number of benzene rings is 2. The highest BCUT2D eigenvalue weighted by molar-refractivity contribution is 14.1. The minimum Gasteiger partial charge on any atom is -0.504 e. The van der Waals surface area contributed by atoms with Crippen LogP contribution in [0.4, 0.5) is 13.2 Å². The molecule has 0 fully saturated rings. The molecule has 23 heavy (non-hydrogen) atoms. The molecular weight excluding hydrogens is 448 g/mol. The van der Waals surface area contributed by atoms with Gasteiger partial charge in [0, 0.05) is 28.7 Å². The average Bonchev–Trinajstić information content (AvgIpc) is 2.46. The van der Waals surface area contributed by atoms with Crippen molar-refractivity contribution in [3.8, 4) is 11.5 Å². The molecule has 2 rings (SSSR count). The quantitative estimate of drug-likeness (QED) is 0.559. The Morgan fingerprint density at radius 3 is 2.43 bits per heavy atom. The average molecular weight is 458 g/mol. The summed E-state index contributed by atoms with van der Waals surface area (Å²) in [6.07, 6.45) is 0. The lowest BCUT2D eigenvalue weighted by molar-refractivity contribution is 0.123. The molecule has 9 heteroatoms. The standard InChI is InChI=1S/C14H10F3IO4S/c1-22-12-7-8(5-6-11(12)19)23(20,21)13-9(14(16,17)18)3-2-4-10(13)15/h2-7,19H,1H3. The maximum absolute atomic E-state index is 14.0. The largest absolute Gasteiger partial charge is 0.504 e. The zero-order valence-corrected chi connectivity index (χ0v) is 14.5. The van der Waals surface area contributed by atoms with Crippen LogP contribution >= 0.6 is 22.6 Å². The van der Waals surface area contributed by atoms with Crippen molar-refractivity contribution in [1.82, 2.24) is 0 Å². The SMILES string of the molecule is COc1cc(S(=O)(=O)c2c(F)cccc2C(F)(F)I)ccc1O. The molecule has 0 aliphatic carbocycles. The number of halogens is 4. The van der Waals surface area contributed by atoms with E-state index in [1.54, 1.807) is 0 Å². The van der Waals surface area contributed by atoms with Crippen molar-refractivity contribution in [1.29, 1.82) is 0 Å². The second-order valence-corrected chi connectivity index (χ2v) is 7.69. The Hall–Kier alpha value is -1.49. The fraction of sp³-hybridized carbons (Fsp3) is 0.143. The van der Waals surface area contributed by atoms with Crippen LogP contribution in [-0.2, 0) is 13.8 Å². The van der Waals surface area contributed by atoms with E-state index in [0.717, 1.165) is 59.0 Å². The van der Waals surface area contributed by atoms with Crippen molar-refractivity contribution in [2.75, 3.05) is 7.11 Å². The Morgan fingerprint density at radius 1 is 1.22 bits per heavy atom. The van der Waals surface area contributed by atoms with E-state index in [2.05, 4.69) is 0 Å². The first-order valence-electron chi connectivity index (χ1n) is 6.07. The molecule has 0 aliphatic rings. The van der Waals surface area contributed by atoms with Crippen molar-refractivity contribution in [3.05, 3.63) is 47.8 Å². The Balaban J connectivity index is 2.75. The van der Waals surface area contributed by atoms with Gasteiger partial charge in [0.2, 0.25) is 9.84 Å². The number of hydrogen-bond donors (Lipinski definition) is 1. The van der Waals surface area contributed by atoms with Crippen LogP contribution in [0.2, 0.25) is 0 Å². The van der Waals surface area contributed by atoms with E-state index >= 15 is 0 Å². The molecule has 0 heterocycles. The van der Waals surface area contributed by atoms with Crippen molar-refractivity contribution >= 4 is 32.4 Å². The third-order valence-corrected chi connectivity index (χ3v) is 5.41. The van der Waals surface area contributed by atoms with E-state index in [0.29, 0.717) is 0 Å². The topological polar surface area (TPSA) is 63.6 Å². The van der Waals surface area contributed by atoms with Gasteiger partial charge in [-0.2, -0.15) is 8.78 Å². The lowest BCUT2D eigenvalue weighted by atomic mass is 10.2. The predicted molar refractivity (Wildman–Crippen MR) is 84.4 cm³/mol. The van der Waals surface area contributed by atoms with E-state index in [1.165, 1.54) is 7.11 Å². The molecule has 0 saturated heterocycles. The summed E-state index contributed by atoms with van der Waals surface area (Å²) < 4.78 is 67.7. The zero-order chi connectivity index (χ0) is 17.4. The first-order chi connectivity index (χ1) is 10.6. The number of rotatable bonds is 4. The monoisotopic (exact) mass is 458 g/mol. The number of methoxy groups -OCH3 is 1. The van der Waals surface area contributed by atoms with Gasteiger partial charge in [-0.25, -0.2) is 12.8 Å². The molecule has 2 aromatic carbocycles. The molecule has 1 N–H and O–H groups in total. The minimum absolute atomic E-state index is 0.176. The molecule has 0 unspecified atom stereocenters. The third-order valence-electron chi connectivity index (χ3n) is 3.00. The number of sulfone groups is 1. The Kier molecular flexibility index (Phi) is 4.81. The van der Waals surface area contributed by atoms with Gasteiger partial charge in [0.25, 0.3) is 0 Å². The summed E-state index contributed by atoms with van der Waals surface area (Å²) in [5, 5.41) is 9.49. The van der Waals surface area contributed by atoms with Crippen LogP contribution in [0.1, 0.15) is 5.56 Å². The number of phenolic OH excluding ortho intramolecular Hbond substituents is 1. The maximum atomic E-state index is 14.0. The molecule has 2 aromatic rings. The Bertz CT molecular complexity index is 848. The fourth-order valence-corrected chi connectivity index (χ4v) is 4.14. The normalized spacial score (nSPS) is 12.2. The second kappa shape index (κ2) is 6.19. The summed E-state index contributed by atoms with van der Waals surface area (Å²) in [7, 11) is -3.39. The molecule has 0 aliphatic heterocycles. The van der Waals surface area contributed by atoms with Crippen LogP contribution in [0, 0.1) is 5.82 Å². The van der Waals surface area contributed by atoms with Crippen molar-refractivity contribution in [3.63, 3.8) is 0 Å². The highest BCUT2D eigenvalue weighted by Gasteiger charge is 2.37. The fourth-order valence-electron chi connectivity index (χ4n) is 1.95. The summed E-state index contributed by atoms with van der Waals surface area (Å²) in [5.74, 6) is -1.80. The lowest BCUT2D eigenvalue weighted by Crippen LogP contribution is -2.14. The smallest absolute Gasteiger partial charge is 0.323 e. The minimum atomic E-state index is -4.58. The van der Waals surface area contributed by atoms with Crippen molar-refractivity contribution in [2.45, 2.75) is 13.7 Å². The van der Waals surface area contributed by atoms with Gasteiger partial charge in [-0.05, 0) is 18.2 Å². The molecule has 124 valence electrons. The summed E-state index contributed by atoms with van der Waals surface area (Å²) in [5.41, 5.74) is -0.954. The van der Waals surface area contributed by atoms with Gasteiger partial charge in [-0.15, -0.1) is 0 Å². The van der Waals surface area contributed by atoms with Crippen LogP contribution in [0.25, 0.3) is 0 Å². The van der Waals surface area contributed by atoms with E-state index in [-0.39, 0.29) is 11.5 Å². The van der Waals surface area contributed by atoms with Gasteiger partial charge in [0.1, 0.15) is 10.7 Å². The van der Waals surface area contributed by atoms with Crippen molar-refractivity contribution < 1.29 is 31.4 Å². The molecule has 4 nitrogen and oxygen atoms in total. The van der Waals surface area contributed by atoms with Crippen LogP contribution in [0.3, 0.4) is 0 Å². The van der Waals surface area contributed by atoms with E-state index in [4.69, 9.17) is 4.74 Å². The molecule has 0 radical (unpaired) electrons. The van der Waals surface area contributed by atoms with Gasteiger partial charge in [0.15, 0.2) is 11.5 Å². The van der Waals surface area contributed by atoms with E-state index < -0.39 is 34.9 Å². The second-order valence-electron chi connectivity index (χ2n) is 4.45. The highest BCUT2D eigenvalue weighted by atomic mass is 127. The lowest BCUT2D eigenvalue weighted by Gasteiger charge is -2.16. The van der Waals surface area contributed by atoms with E-state index in [9.17, 15) is 26.7 Å². The molecule has 0 bridgehead atoms. The number of ether oxygens (including phenoxy) is 1. The number of phenols is 1. The Labute approximate surface area is 144 Å². The highest BCUT2D eigenvalue weighted by Crippen LogP contribution is 2.42. The van der Waals surface area contributed by atoms with Crippen molar-refractivity contribution in [2.24, 2.45) is 0 Å². The summed E-state index contributed by atoms with van der Waals surface area (Å²) in [6.45, 7) is 0. The van der Waals surface area contributed by atoms with Gasteiger partial charge in [-0.3, -0.25) is 0 Å². The first kappa shape index (κ1) is 17.9. The van der Waals surface area contributed by atoms with Gasteiger partial charge >= 0.3 is 3.93 Å². The van der Waals surface area contributed by atoms with Crippen LogP contribution in [0.15, 0.2) is 46.2 Å². The van der Waals surface area contributed by atoms with E-state index in [1.807, 2.05) is 0 Å².